The first-order chi connectivity index (χ1) is 21.6. The summed E-state index contributed by atoms with van der Waals surface area (Å²) in [6.45, 7) is 1.57. The molecule has 0 aliphatic heterocycles. The summed E-state index contributed by atoms with van der Waals surface area (Å²) in [4.78, 5) is 56.1. The van der Waals surface area contributed by atoms with Gasteiger partial charge in [0.15, 0.2) is 23.1 Å². The highest BCUT2D eigenvalue weighted by molar-refractivity contribution is 6.04. The summed E-state index contributed by atoms with van der Waals surface area (Å²) in [5, 5.41) is 25.8. The molecule has 0 bridgehead atoms. The highest BCUT2D eigenvalue weighted by Gasteiger charge is 2.29. The zero-order chi connectivity index (χ0) is 31.8. The van der Waals surface area contributed by atoms with Gasteiger partial charge in [-0.25, -0.2) is 23.1 Å². The van der Waals surface area contributed by atoms with E-state index in [1.807, 2.05) is 0 Å². The number of benzene rings is 2. The van der Waals surface area contributed by atoms with Crippen molar-refractivity contribution in [3.63, 3.8) is 0 Å². The fourth-order valence-corrected chi connectivity index (χ4v) is 5.51. The van der Waals surface area contributed by atoms with Crippen molar-refractivity contribution >= 4 is 29.2 Å². The molecule has 2 amide bonds. The summed E-state index contributed by atoms with van der Waals surface area (Å²) in [5.74, 6) is -4.85. The topological polar surface area (TPSA) is 171 Å². The third-order valence-electron chi connectivity index (χ3n) is 7.81. The number of carbonyl (C=O) groups is 4. The third kappa shape index (κ3) is 5.64. The number of nitrogens with zero attached hydrogens (tertiary/aromatic N) is 4. The minimum absolute atomic E-state index is 0.0288. The van der Waals surface area contributed by atoms with E-state index in [0.29, 0.717) is 29.7 Å². The van der Waals surface area contributed by atoms with Crippen LogP contribution in [0.5, 0.6) is 0 Å². The van der Waals surface area contributed by atoms with Crippen LogP contribution in [0.25, 0.3) is 5.65 Å². The maximum absolute atomic E-state index is 13.7. The highest BCUT2D eigenvalue weighted by Crippen LogP contribution is 2.35. The number of carboxylic acids is 1. The number of nitrogens with one attached hydrogen (secondary N) is 3. The Hall–Kier alpha value is -5.79. The number of Topliss-reactive ketones (excluding diaryl/α,β-unsaturated/α-hetero) is 1. The SMILES string of the molecule is Cc1c(C(=O)O)ccc2c1CC[C@@H]2NC(=O)c1cc(C(=O)NCc2ccc(F)c(F)c2)nc2c(C(=O)Cc3ccn[nH]3)cnn12. The second-order valence-corrected chi connectivity index (χ2v) is 10.6. The van der Waals surface area contributed by atoms with Crippen molar-refractivity contribution in [3.8, 4) is 0 Å². The minimum Gasteiger partial charge on any atom is -0.478 e. The van der Waals surface area contributed by atoms with E-state index in [2.05, 4.69) is 30.9 Å². The van der Waals surface area contributed by atoms with E-state index in [4.69, 9.17) is 0 Å². The Balaban J connectivity index is 1.33. The van der Waals surface area contributed by atoms with Crippen molar-refractivity contribution in [1.82, 2.24) is 35.4 Å². The molecule has 12 nitrogen and oxygen atoms in total. The zero-order valence-electron chi connectivity index (χ0n) is 23.7. The lowest BCUT2D eigenvalue weighted by molar-refractivity contribution is 0.0695. The summed E-state index contributed by atoms with van der Waals surface area (Å²) in [6, 6.07) is 8.82. The summed E-state index contributed by atoms with van der Waals surface area (Å²) in [6.07, 6.45) is 3.79. The Kier molecular flexibility index (Phi) is 7.62. The van der Waals surface area contributed by atoms with Crippen LogP contribution in [0.1, 0.15) is 82.1 Å². The number of ketones is 1. The molecule has 0 fully saturated rings. The third-order valence-corrected chi connectivity index (χ3v) is 7.81. The Labute approximate surface area is 253 Å². The molecule has 0 radical (unpaired) electrons. The normalized spacial score (nSPS) is 13.9. The largest absolute Gasteiger partial charge is 0.478 e. The van der Waals surface area contributed by atoms with Gasteiger partial charge in [0.05, 0.1) is 29.8 Å². The van der Waals surface area contributed by atoms with Crippen molar-refractivity contribution in [1.29, 1.82) is 0 Å². The quantitative estimate of drug-likeness (QED) is 0.183. The number of rotatable bonds is 9. The maximum atomic E-state index is 13.7. The highest BCUT2D eigenvalue weighted by atomic mass is 19.2. The molecule has 0 unspecified atom stereocenters. The van der Waals surface area contributed by atoms with Crippen LogP contribution in [0.3, 0.4) is 0 Å². The first kappa shape index (κ1) is 29.3. The van der Waals surface area contributed by atoms with Crippen molar-refractivity contribution in [2.45, 2.75) is 38.8 Å². The summed E-state index contributed by atoms with van der Waals surface area (Å²) in [5.41, 5.74) is 3.05. The average molecular weight is 614 g/mol. The molecule has 3 aromatic heterocycles. The van der Waals surface area contributed by atoms with Gasteiger partial charge >= 0.3 is 5.97 Å². The fourth-order valence-electron chi connectivity index (χ4n) is 5.51. The van der Waals surface area contributed by atoms with Gasteiger partial charge in [-0.2, -0.15) is 10.2 Å². The molecule has 0 spiro atoms. The lowest BCUT2D eigenvalue weighted by Gasteiger charge is -2.16. The Morgan fingerprint density at radius 1 is 1.04 bits per heavy atom. The minimum atomic E-state index is -1.07. The first-order valence-electron chi connectivity index (χ1n) is 13.9. The molecule has 2 aromatic carbocycles. The van der Waals surface area contributed by atoms with Crippen molar-refractivity contribution in [2.75, 3.05) is 0 Å². The van der Waals surface area contributed by atoms with E-state index in [-0.39, 0.29) is 46.9 Å². The number of carbonyl (C=O) groups excluding carboxylic acids is 3. The maximum Gasteiger partial charge on any atom is 0.335 e. The fraction of sp³-hybridized carbons (Fsp3) is 0.194. The molecular formula is C31H25F2N7O5. The van der Waals surface area contributed by atoms with E-state index < -0.39 is 35.5 Å². The molecule has 45 heavy (non-hydrogen) atoms. The van der Waals surface area contributed by atoms with Crippen LogP contribution in [0.2, 0.25) is 0 Å². The van der Waals surface area contributed by atoms with Crippen molar-refractivity contribution < 1.29 is 33.1 Å². The summed E-state index contributed by atoms with van der Waals surface area (Å²) in [7, 11) is 0. The molecule has 1 aliphatic rings. The van der Waals surface area contributed by atoms with Crippen LogP contribution in [-0.4, -0.2) is 53.5 Å². The number of aromatic amines is 1. The number of hydrogen-bond donors (Lipinski definition) is 4. The Bertz CT molecular complexity index is 2010. The van der Waals surface area contributed by atoms with Gasteiger partial charge in [-0.3, -0.25) is 19.5 Å². The van der Waals surface area contributed by atoms with Gasteiger partial charge in [-0.1, -0.05) is 12.1 Å². The number of halogens is 2. The van der Waals surface area contributed by atoms with Crippen molar-refractivity contribution in [3.05, 3.63) is 117 Å². The standard InChI is InChI=1S/C31H25F2N7O5/c1-15-18-5-7-24(20(18)4-3-19(15)31(44)45)38-30(43)26-12-25(29(42)34-13-16-2-6-22(32)23(33)10-16)37-28-21(14-36-40(26)28)27(41)11-17-8-9-35-39-17/h2-4,6,8-10,12,14,24H,5,7,11,13H2,1H3,(H,34,42)(H,35,39)(H,38,43)(H,44,45)/t24-/m0/s1. The van der Waals surface area contributed by atoms with Gasteiger partial charge < -0.3 is 15.7 Å². The second-order valence-electron chi connectivity index (χ2n) is 10.6. The van der Waals surface area contributed by atoms with E-state index in [0.717, 1.165) is 23.3 Å². The summed E-state index contributed by atoms with van der Waals surface area (Å²) >= 11 is 0. The molecule has 0 saturated heterocycles. The Morgan fingerprint density at radius 3 is 2.60 bits per heavy atom. The second kappa shape index (κ2) is 11.7. The predicted molar refractivity (Wildman–Crippen MR) is 154 cm³/mol. The molecular weight excluding hydrogens is 588 g/mol. The molecule has 3 heterocycles. The number of aromatic carboxylic acids is 1. The lowest BCUT2D eigenvalue weighted by Crippen LogP contribution is -2.31. The first-order valence-corrected chi connectivity index (χ1v) is 13.9. The van der Waals surface area contributed by atoms with E-state index in [1.165, 1.54) is 35.1 Å². The number of fused-ring (bicyclic) bond motifs is 2. The van der Waals surface area contributed by atoms with Gasteiger partial charge in [0.2, 0.25) is 0 Å². The molecule has 14 heteroatoms. The summed E-state index contributed by atoms with van der Waals surface area (Å²) < 4.78 is 28.2. The monoisotopic (exact) mass is 613 g/mol. The molecule has 5 aromatic rings. The van der Waals surface area contributed by atoms with Gasteiger partial charge in [-0.05, 0) is 66.3 Å². The van der Waals surface area contributed by atoms with Crippen LogP contribution in [-0.2, 0) is 19.4 Å². The van der Waals surface area contributed by atoms with Crippen LogP contribution in [0, 0.1) is 18.6 Å². The number of hydrogen-bond acceptors (Lipinski definition) is 7. The number of H-pyrrole nitrogens is 1. The van der Waals surface area contributed by atoms with E-state index in [1.54, 1.807) is 19.1 Å². The zero-order valence-corrected chi connectivity index (χ0v) is 23.7. The number of carboxylic acid groups (broad SMARTS) is 1. The smallest absolute Gasteiger partial charge is 0.335 e. The van der Waals surface area contributed by atoms with Gasteiger partial charge in [0.1, 0.15) is 11.4 Å². The molecule has 228 valence electrons. The van der Waals surface area contributed by atoms with Gasteiger partial charge in [0, 0.05) is 24.5 Å². The van der Waals surface area contributed by atoms with Crippen molar-refractivity contribution in [2.24, 2.45) is 0 Å². The number of aromatic nitrogens is 5. The predicted octanol–water partition coefficient (Wildman–Crippen LogP) is 3.51. The lowest BCUT2D eigenvalue weighted by atomic mass is 9.98. The molecule has 0 saturated carbocycles. The average Bonchev–Trinajstić information content (AvgIpc) is 3.78. The van der Waals surface area contributed by atoms with Crippen LogP contribution in [0.4, 0.5) is 8.78 Å². The molecule has 6 rings (SSSR count). The van der Waals surface area contributed by atoms with Gasteiger partial charge in [-0.15, -0.1) is 0 Å². The van der Waals surface area contributed by atoms with E-state index in [9.17, 15) is 33.1 Å². The van der Waals surface area contributed by atoms with Crippen LogP contribution < -0.4 is 10.6 Å². The molecule has 4 N–H and O–H groups in total. The van der Waals surface area contributed by atoms with Gasteiger partial charge in [0.25, 0.3) is 11.8 Å². The number of amides is 2. The molecule has 1 aliphatic carbocycles. The van der Waals surface area contributed by atoms with E-state index >= 15 is 0 Å². The van der Waals surface area contributed by atoms with Crippen LogP contribution in [0.15, 0.2) is 54.9 Å². The van der Waals surface area contributed by atoms with Crippen LogP contribution >= 0.6 is 0 Å². The Morgan fingerprint density at radius 2 is 1.87 bits per heavy atom. The molecule has 1 atom stereocenters.